The lowest BCUT2D eigenvalue weighted by molar-refractivity contribution is -0.126. The molecule has 0 aliphatic rings. The fourth-order valence-corrected chi connectivity index (χ4v) is 2.40. The van der Waals surface area contributed by atoms with Gasteiger partial charge < -0.3 is 10.4 Å². The van der Waals surface area contributed by atoms with Crippen LogP contribution in [-0.2, 0) is 11.2 Å². The average molecular weight is 291 g/mol. The average Bonchev–Trinajstić information content (AvgIpc) is 2.44. The van der Waals surface area contributed by atoms with Crippen LogP contribution in [0.2, 0.25) is 0 Å². The Kier molecular flexibility index (Phi) is 6.92. The molecule has 0 aliphatic heterocycles. The van der Waals surface area contributed by atoms with Gasteiger partial charge in [0.2, 0.25) is 5.91 Å². The molecule has 1 aromatic carbocycles. The lowest BCUT2D eigenvalue weighted by Crippen LogP contribution is -2.34. The minimum atomic E-state index is -0.927. The zero-order chi connectivity index (χ0) is 15.8. The summed E-state index contributed by atoms with van der Waals surface area (Å²) in [5.74, 6) is -0.439. The third kappa shape index (κ3) is 5.58. The van der Waals surface area contributed by atoms with Gasteiger partial charge in [-0.25, -0.2) is 4.79 Å². The third-order valence-electron chi connectivity index (χ3n) is 3.63. The van der Waals surface area contributed by atoms with E-state index in [0.717, 1.165) is 18.4 Å². The predicted octanol–water partition coefficient (Wildman–Crippen LogP) is 3.12. The SMILES string of the molecule is CCCC(C(=O)NCCc1cccc(C(=O)O)c1)C(C)C. The van der Waals surface area contributed by atoms with E-state index in [1.54, 1.807) is 18.2 Å². The molecule has 0 aliphatic carbocycles. The number of carbonyl (C=O) groups excluding carboxylic acids is 1. The van der Waals surface area contributed by atoms with Gasteiger partial charge in [-0.3, -0.25) is 4.79 Å². The Balaban J connectivity index is 2.51. The molecule has 0 spiro atoms. The van der Waals surface area contributed by atoms with Crippen molar-refractivity contribution in [3.63, 3.8) is 0 Å². The topological polar surface area (TPSA) is 66.4 Å². The van der Waals surface area contributed by atoms with E-state index in [2.05, 4.69) is 26.1 Å². The van der Waals surface area contributed by atoms with Gasteiger partial charge in [0.25, 0.3) is 0 Å². The van der Waals surface area contributed by atoms with Gasteiger partial charge in [-0.15, -0.1) is 0 Å². The van der Waals surface area contributed by atoms with E-state index in [1.807, 2.05) is 6.07 Å². The number of nitrogens with one attached hydrogen (secondary N) is 1. The summed E-state index contributed by atoms with van der Waals surface area (Å²) >= 11 is 0. The maximum absolute atomic E-state index is 12.1. The van der Waals surface area contributed by atoms with Crippen LogP contribution in [0.4, 0.5) is 0 Å². The molecular formula is C17H25NO3. The van der Waals surface area contributed by atoms with E-state index >= 15 is 0 Å². The summed E-state index contributed by atoms with van der Waals surface area (Å²) < 4.78 is 0. The molecule has 0 saturated carbocycles. The van der Waals surface area contributed by atoms with Crippen molar-refractivity contribution in [2.45, 2.75) is 40.0 Å². The number of amides is 1. The van der Waals surface area contributed by atoms with E-state index in [-0.39, 0.29) is 17.4 Å². The van der Waals surface area contributed by atoms with Gasteiger partial charge in [-0.05, 0) is 36.5 Å². The summed E-state index contributed by atoms with van der Waals surface area (Å²) in [4.78, 5) is 23.0. The monoisotopic (exact) mass is 291 g/mol. The number of benzene rings is 1. The predicted molar refractivity (Wildman–Crippen MR) is 83.4 cm³/mol. The number of carboxylic acid groups (broad SMARTS) is 1. The molecule has 1 atom stereocenters. The molecule has 0 bridgehead atoms. The molecule has 0 fully saturated rings. The van der Waals surface area contributed by atoms with Crippen LogP contribution in [0.5, 0.6) is 0 Å². The third-order valence-corrected chi connectivity index (χ3v) is 3.63. The van der Waals surface area contributed by atoms with Gasteiger partial charge in [-0.1, -0.05) is 39.3 Å². The molecule has 0 saturated heterocycles. The van der Waals surface area contributed by atoms with Crippen molar-refractivity contribution in [1.82, 2.24) is 5.32 Å². The van der Waals surface area contributed by atoms with E-state index in [9.17, 15) is 9.59 Å². The Hall–Kier alpha value is -1.84. The van der Waals surface area contributed by atoms with Gasteiger partial charge >= 0.3 is 5.97 Å². The summed E-state index contributed by atoms with van der Waals surface area (Å²) in [5.41, 5.74) is 1.21. The maximum Gasteiger partial charge on any atom is 0.335 e. The highest BCUT2D eigenvalue weighted by molar-refractivity contribution is 5.87. The second kappa shape index (κ2) is 8.45. The fourth-order valence-electron chi connectivity index (χ4n) is 2.40. The summed E-state index contributed by atoms with van der Waals surface area (Å²) in [6.07, 6.45) is 2.54. The van der Waals surface area contributed by atoms with Crippen LogP contribution in [0, 0.1) is 11.8 Å². The molecule has 1 amide bonds. The lowest BCUT2D eigenvalue weighted by Gasteiger charge is -2.19. The van der Waals surface area contributed by atoms with Crippen molar-refractivity contribution in [2.24, 2.45) is 11.8 Å². The molecule has 0 heterocycles. The van der Waals surface area contributed by atoms with Gasteiger partial charge in [0.05, 0.1) is 5.56 Å². The number of hydrogen-bond acceptors (Lipinski definition) is 2. The summed E-state index contributed by atoms with van der Waals surface area (Å²) in [6.45, 7) is 6.75. The van der Waals surface area contributed by atoms with Gasteiger partial charge in [0, 0.05) is 12.5 Å². The van der Waals surface area contributed by atoms with Crippen LogP contribution in [0.25, 0.3) is 0 Å². The highest BCUT2D eigenvalue weighted by Gasteiger charge is 2.20. The fraction of sp³-hybridized carbons (Fsp3) is 0.529. The van der Waals surface area contributed by atoms with Gasteiger partial charge in [0.1, 0.15) is 0 Å². The molecule has 1 aromatic rings. The van der Waals surface area contributed by atoms with Crippen LogP contribution >= 0.6 is 0 Å². The largest absolute Gasteiger partial charge is 0.478 e. The van der Waals surface area contributed by atoms with Crippen molar-refractivity contribution < 1.29 is 14.7 Å². The molecule has 21 heavy (non-hydrogen) atoms. The highest BCUT2D eigenvalue weighted by atomic mass is 16.4. The van der Waals surface area contributed by atoms with Crippen LogP contribution < -0.4 is 5.32 Å². The minimum Gasteiger partial charge on any atom is -0.478 e. The van der Waals surface area contributed by atoms with E-state index in [4.69, 9.17) is 5.11 Å². The Labute approximate surface area is 126 Å². The van der Waals surface area contributed by atoms with Crippen molar-refractivity contribution in [2.75, 3.05) is 6.54 Å². The maximum atomic E-state index is 12.1. The number of aromatic carboxylic acids is 1. The van der Waals surface area contributed by atoms with Gasteiger partial charge in [-0.2, -0.15) is 0 Å². The standard InChI is InChI=1S/C17H25NO3/c1-4-6-15(12(2)3)16(19)18-10-9-13-7-5-8-14(11-13)17(20)21/h5,7-8,11-12,15H,4,6,9-10H2,1-3H3,(H,18,19)(H,20,21). The number of carbonyl (C=O) groups is 2. The molecule has 1 unspecified atom stereocenters. The van der Waals surface area contributed by atoms with Crippen LogP contribution in [0.15, 0.2) is 24.3 Å². The summed E-state index contributed by atoms with van der Waals surface area (Å²) in [7, 11) is 0. The highest BCUT2D eigenvalue weighted by Crippen LogP contribution is 2.17. The first-order valence-corrected chi connectivity index (χ1v) is 7.55. The van der Waals surface area contributed by atoms with Gasteiger partial charge in [0.15, 0.2) is 0 Å². The minimum absolute atomic E-state index is 0.0559. The smallest absolute Gasteiger partial charge is 0.335 e. The first-order chi connectivity index (χ1) is 9.95. The quantitative estimate of drug-likeness (QED) is 0.773. The van der Waals surface area contributed by atoms with Crippen molar-refractivity contribution in [1.29, 1.82) is 0 Å². The molecule has 4 heteroatoms. The van der Waals surface area contributed by atoms with E-state index < -0.39 is 5.97 Å². The zero-order valence-electron chi connectivity index (χ0n) is 13.1. The van der Waals surface area contributed by atoms with Crippen molar-refractivity contribution in [3.05, 3.63) is 35.4 Å². The Bertz CT molecular complexity index is 483. The second-order valence-electron chi connectivity index (χ2n) is 5.69. The van der Waals surface area contributed by atoms with E-state index in [1.165, 1.54) is 0 Å². The second-order valence-corrected chi connectivity index (χ2v) is 5.69. The molecule has 2 N–H and O–H groups in total. The lowest BCUT2D eigenvalue weighted by atomic mass is 9.90. The molecule has 4 nitrogen and oxygen atoms in total. The molecular weight excluding hydrogens is 266 g/mol. The normalized spacial score (nSPS) is 12.2. The Morgan fingerprint density at radius 3 is 2.57 bits per heavy atom. The zero-order valence-corrected chi connectivity index (χ0v) is 13.1. The number of carboxylic acids is 1. The van der Waals surface area contributed by atoms with E-state index in [0.29, 0.717) is 18.9 Å². The summed E-state index contributed by atoms with van der Waals surface area (Å²) in [6, 6.07) is 6.83. The Morgan fingerprint density at radius 2 is 2.00 bits per heavy atom. The van der Waals surface area contributed by atoms with Crippen LogP contribution in [0.1, 0.15) is 49.5 Å². The van der Waals surface area contributed by atoms with Crippen molar-refractivity contribution >= 4 is 11.9 Å². The number of rotatable bonds is 8. The van der Waals surface area contributed by atoms with Crippen LogP contribution in [0.3, 0.4) is 0 Å². The Morgan fingerprint density at radius 1 is 1.29 bits per heavy atom. The number of hydrogen-bond donors (Lipinski definition) is 2. The molecule has 116 valence electrons. The molecule has 0 radical (unpaired) electrons. The first kappa shape index (κ1) is 17.2. The molecule has 0 aromatic heterocycles. The molecule has 1 rings (SSSR count). The van der Waals surface area contributed by atoms with Crippen molar-refractivity contribution in [3.8, 4) is 0 Å². The summed E-state index contributed by atoms with van der Waals surface area (Å²) in [5, 5.41) is 11.9. The first-order valence-electron chi connectivity index (χ1n) is 7.55. The van der Waals surface area contributed by atoms with Crippen LogP contribution in [-0.4, -0.2) is 23.5 Å².